The van der Waals surface area contributed by atoms with Crippen molar-refractivity contribution in [1.29, 1.82) is 5.26 Å². The van der Waals surface area contributed by atoms with Crippen molar-refractivity contribution in [2.75, 3.05) is 11.1 Å². The number of fused-ring (bicyclic) bond motifs is 1. The molecular weight excluding hydrogens is 320 g/mol. The average molecular weight is 334 g/mol. The Morgan fingerprint density at radius 3 is 2.88 bits per heavy atom. The lowest BCUT2D eigenvalue weighted by Crippen LogP contribution is -2.14. The fraction of sp³-hybridized carbons (Fsp3) is 0.111. The molecule has 0 bridgehead atoms. The Morgan fingerprint density at radius 2 is 2.04 bits per heavy atom. The van der Waals surface area contributed by atoms with Gasteiger partial charge in [0.2, 0.25) is 5.91 Å². The lowest BCUT2D eigenvalue weighted by molar-refractivity contribution is -0.113. The van der Waals surface area contributed by atoms with Crippen LogP contribution >= 0.6 is 11.8 Å². The van der Waals surface area contributed by atoms with Crippen LogP contribution in [0, 0.1) is 18.3 Å². The molecular formula is C18H14N4OS. The minimum absolute atomic E-state index is 0.143. The maximum Gasteiger partial charge on any atom is 0.234 e. The molecule has 3 aromatic rings. The molecule has 6 heteroatoms. The summed E-state index contributed by atoms with van der Waals surface area (Å²) in [5.74, 6) is 0.769. The van der Waals surface area contributed by atoms with Crippen molar-refractivity contribution in [3.05, 3.63) is 59.9 Å². The molecule has 0 aliphatic rings. The van der Waals surface area contributed by atoms with Gasteiger partial charge in [-0.3, -0.25) is 4.79 Å². The van der Waals surface area contributed by atoms with E-state index in [0.717, 1.165) is 15.9 Å². The Morgan fingerprint density at radius 1 is 1.21 bits per heavy atom. The maximum atomic E-state index is 12.1. The maximum absolute atomic E-state index is 12.1. The van der Waals surface area contributed by atoms with Gasteiger partial charge in [-0.1, -0.05) is 36.0 Å². The first-order chi connectivity index (χ1) is 11.7. The number of aryl methyl sites for hydroxylation is 1. The van der Waals surface area contributed by atoms with E-state index >= 15 is 0 Å². The number of benzene rings is 2. The summed E-state index contributed by atoms with van der Waals surface area (Å²) in [6.45, 7) is 1.84. The van der Waals surface area contributed by atoms with Crippen molar-refractivity contribution in [3.8, 4) is 6.07 Å². The summed E-state index contributed by atoms with van der Waals surface area (Å²) in [5.41, 5.74) is 2.00. The number of nitrogens with zero attached hydrogens (tertiary/aromatic N) is 3. The van der Waals surface area contributed by atoms with Gasteiger partial charge in [-0.25, -0.2) is 9.97 Å². The summed E-state index contributed by atoms with van der Waals surface area (Å²) in [6, 6.07) is 16.6. The van der Waals surface area contributed by atoms with Crippen LogP contribution in [-0.2, 0) is 4.79 Å². The highest BCUT2D eigenvalue weighted by Gasteiger charge is 2.09. The fourth-order valence-electron chi connectivity index (χ4n) is 2.27. The van der Waals surface area contributed by atoms with E-state index in [0.29, 0.717) is 17.1 Å². The van der Waals surface area contributed by atoms with E-state index in [2.05, 4.69) is 21.4 Å². The second-order valence-electron chi connectivity index (χ2n) is 5.12. The number of rotatable bonds is 4. The summed E-state index contributed by atoms with van der Waals surface area (Å²) in [5, 5.41) is 13.4. The van der Waals surface area contributed by atoms with Crippen LogP contribution in [0.3, 0.4) is 0 Å². The van der Waals surface area contributed by atoms with E-state index in [1.54, 1.807) is 24.3 Å². The highest BCUT2D eigenvalue weighted by atomic mass is 32.2. The largest absolute Gasteiger partial charge is 0.325 e. The molecule has 0 fully saturated rings. The molecule has 0 saturated heterocycles. The highest BCUT2D eigenvalue weighted by molar-refractivity contribution is 8.00. The van der Waals surface area contributed by atoms with Crippen molar-refractivity contribution < 1.29 is 4.79 Å². The Hall–Kier alpha value is -2.91. The van der Waals surface area contributed by atoms with Gasteiger partial charge in [0.25, 0.3) is 0 Å². The highest BCUT2D eigenvalue weighted by Crippen LogP contribution is 2.25. The van der Waals surface area contributed by atoms with E-state index in [1.165, 1.54) is 11.8 Å². The Kier molecular flexibility index (Phi) is 4.73. The van der Waals surface area contributed by atoms with Crippen LogP contribution in [0.25, 0.3) is 10.9 Å². The van der Waals surface area contributed by atoms with Crippen molar-refractivity contribution in [3.63, 3.8) is 0 Å². The first-order valence-corrected chi connectivity index (χ1v) is 8.30. The molecule has 2 aromatic carbocycles. The summed E-state index contributed by atoms with van der Waals surface area (Å²) < 4.78 is 0. The molecule has 1 N–H and O–H groups in total. The predicted molar refractivity (Wildman–Crippen MR) is 94.8 cm³/mol. The zero-order chi connectivity index (χ0) is 16.9. The first kappa shape index (κ1) is 16.0. The number of hydrogen-bond donors (Lipinski definition) is 1. The van der Waals surface area contributed by atoms with Crippen molar-refractivity contribution in [2.24, 2.45) is 0 Å². The van der Waals surface area contributed by atoms with Gasteiger partial charge in [-0.2, -0.15) is 5.26 Å². The standard InChI is InChI=1S/C18H14N4OS/c1-12-20-16-8-3-2-7-15(16)18(21-12)24-11-17(23)22-14-6-4-5-13(9-14)10-19/h2-9H,11H2,1H3,(H,22,23). The third-order valence-electron chi connectivity index (χ3n) is 3.30. The van der Waals surface area contributed by atoms with Crippen molar-refractivity contribution >= 4 is 34.3 Å². The molecule has 1 aromatic heterocycles. The van der Waals surface area contributed by atoms with E-state index in [4.69, 9.17) is 5.26 Å². The van der Waals surface area contributed by atoms with Crippen molar-refractivity contribution in [2.45, 2.75) is 11.9 Å². The molecule has 0 saturated carbocycles. The molecule has 3 rings (SSSR count). The monoisotopic (exact) mass is 334 g/mol. The average Bonchev–Trinajstić information content (AvgIpc) is 2.59. The Balaban J connectivity index is 1.71. The minimum atomic E-state index is -0.143. The van der Waals surface area contributed by atoms with Gasteiger partial charge in [0.1, 0.15) is 10.9 Å². The topological polar surface area (TPSA) is 78.7 Å². The van der Waals surface area contributed by atoms with Crippen LogP contribution in [0.1, 0.15) is 11.4 Å². The van der Waals surface area contributed by atoms with Gasteiger partial charge in [0.05, 0.1) is 22.9 Å². The second-order valence-corrected chi connectivity index (χ2v) is 6.09. The van der Waals surface area contributed by atoms with Crippen LogP contribution in [0.4, 0.5) is 5.69 Å². The number of amides is 1. The fourth-order valence-corrected chi connectivity index (χ4v) is 3.13. The number of hydrogen-bond acceptors (Lipinski definition) is 5. The number of anilines is 1. The summed E-state index contributed by atoms with van der Waals surface area (Å²) in [4.78, 5) is 21.0. The molecule has 118 valence electrons. The van der Waals surface area contributed by atoms with Crippen LogP contribution in [0.5, 0.6) is 0 Å². The third kappa shape index (κ3) is 3.70. The molecule has 0 atom stereocenters. The normalized spacial score (nSPS) is 10.3. The number of carbonyl (C=O) groups is 1. The van der Waals surface area contributed by atoms with Crippen LogP contribution in [0.2, 0.25) is 0 Å². The molecule has 24 heavy (non-hydrogen) atoms. The lowest BCUT2D eigenvalue weighted by Gasteiger charge is -2.07. The Labute approximate surface area is 143 Å². The summed E-state index contributed by atoms with van der Waals surface area (Å²) in [6.07, 6.45) is 0. The molecule has 0 aliphatic carbocycles. The van der Waals surface area contributed by atoms with Crippen LogP contribution in [0.15, 0.2) is 53.6 Å². The van der Waals surface area contributed by atoms with Gasteiger partial charge in [-0.15, -0.1) is 0 Å². The van der Waals surface area contributed by atoms with Gasteiger partial charge in [0.15, 0.2) is 0 Å². The van der Waals surface area contributed by atoms with Gasteiger partial charge in [0, 0.05) is 11.1 Å². The number of nitriles is 1. The number of para-hydroxylation sites is 1. The smallest absolute Gasteiger partial charge is 0.234 e. The number of nitrogens with one attached hydrogen (secondary N) is 1. The lowest BCUT2D eigenvalue weighted by atomic mass is 10.2. The number of carbonyl (C=O) groups excluding carboxylic acids is 1. The Bertz CT molecular complexity index is 949. The molecule has 1 heterocycles. The predicted octanol–water partition coefficient (Wildman–Crippen LogP) is 3.54. The zero-order valence-electron chi connectivity index (χ0n) is 13.0. The number of aromatic nitrogens is 2. The van der Waals surface area contributed by atoms with E-state index in [-0.39, 0.29) is 11.7 Å². The van der Waals surface area contributed by atoms with Crippen LogP contribution in [-0.4, -0.2) is 21.6 Å². The summed E-state index contributed by atoms with van der Waals surface area (Å²) in [7, 11) is 0. The third-order valence-corrected chi connectivity index (χ3v) is 4.29. The molecule has 0 unspecified atom stereocenters. The van der Waals surface area contributed by atoms with E-state index in [1.807, 2.05) is 31.2 Å². The molecule has 0 radical (unpaired) electrons. The quantitative estimate of drug-likeness (QED) is 0.583. The van der Waals surface area contributed by atoms with Crippen LogP contribution < -0.4 is 5.32 Å². The first-order valence-electron chi connectivity index (χ1n) is 7.32. The van der Waals surface area contributed by atoms with E-state index < -0.39 is 0 Å². The minimum Gasteiger partial charge on any atom is -0.325 e. The molecule has 1 amide bonds. The molecule has 0 spiro atoms. The van der Waals surface area contributed by atoms with Gasteiger partial charge < -0.3 is 5.32 Å². The van der Waals surface area contributed by atoms with Crippen molar-refractivity contribution in [1.82, 2.24) is 9.97 Å². The number of thioether (sulfide) groups is 1. The summed E-state index contributed by atoms with van der Waals surface area (Å²) >= 11 is 1.37. The van der Waals surface area contributed by atoms with Gasteiger partial charge in [-0.05, 0) is 31.2 Å². The zero-order valence-corrected chi connectivity index (χ0v) is 13.8. The molecule has 5 nitrogen and oxygen atoms in total. The van der Waals surface area contributed by atoms with E-state index in [9.17, 15) is 4.79 Å². The SMILES string of the molecule is Cc1nc(SCC(=O)Nc2cccc(C#N)c2)c2ccccc2n1. The molecule has 0 aliphatic heterocycles. The van der Waals surface area contributed by atoms with Gasteiger partial charge >= 0.3 is 0 Å². The second kappa shape index (κ2) is 7.11.